The number of nitrogens with zero attached hydrogens (tertiary/aromatic N) is 1. The van der Waals surface area contributed by atoms with Crippen molar-refractivity contribution in [3.63, 3.8) is 0 Å². The predicted octanol–water partition coefficient (Wildman–Crippen LogP) is 1.57. The van der Waals surface area contributed by atoms with Crippen LogP contribution >= 0.6 is 11.6 Å². The van der Waals surface area contributed by atoms with Gasteiger partial charge in [-0.15, -0.1) is 11.6 Å². The smallest absolute Gasteiger partial charge is 0.303 e. The Balaban J connectivity index is 2.04. The minimum Gasteiger partial charge on any atom is -0.497 e. The number of alkyl halides is 1. The molecule has 1 aliphatic heterocycles. The van der Waals surface area contributed by atoms with Gasteiger partial charge in [-0.3, -0.25) is 19.3 Å². The van der Waals surface area contributed by atoms with Crippen LogP contribution in [0.1, 0.15) is 26.2 Å². The van der Waals surface area contributed by atoms with Crippen LogP contribution in [-0.4, -0.2) is 74.4 Å². The monoisotopic (exact) mass is 439 g/mol. The number of carbonyl (C=O) groups is 3. The third kappa shape index (κ3) is 2.09. The number of allylic oxidation sites excluding steroid dienone is 2. The van der Waals surface area contributed by atoms with Gasteiger partial charge in [0.25, 0.3) is 0 Å². The van der Waals surface area contributed by atoms with E-state index in [9.17, 15) is 14.4 Å². The van der Waals surface area contributed by atoms with Crippen LogP contribution in [0.15, 0.2) is 23.4 Å². The van der Waals surface area contributed by atoms with Crippen molar-refractivity contribution in [2.24, 2.45) is 10.8 Å². The van der Waals surface area contributed by atoms with Crippen LogP contribution in [0.5, 0.6) is 0 Å². The number of likely N-dealkylation sites (N-methyl/N-ethyl adjacent to an activating group) is 1. The molecule has 30 heavy (non-hydrogen) atoms. The first-order valence-corrected chi connectivity index (χ1v) is 10.3. The van der Waals surface area contributed by atoms with Crippen LogP contribution in [0, 0.1) is 10.8 Å². The molecule has 0 bridgehead atoms. The average Bonchev–Trinajstić information content (AvgIpc) is 3.22. The van der Waals surface area contributed by atoms with Crippen molar-refractivity contribution in [1.29, 1.82) is 0 Å². The number of ketones is 2. The number of methoxy groups -OCH3 is 3. The van der Waals surface area contributed by atoms with Crippen molar-refractivity contribution in [3.05, 3.63) is 23.4 Å². The standard InChI is InChI=1S/C21H26ClNO7/c1-11(24)30-17-13(27-3)8-15(26)21(17)14(22)10-20-18(29-5)16(28-4)12(25)9-19(20,21)6-7-23(20)2/h8,14,17H,6-7,9-10H2,1-5H3. The molecule has 4 aliphatic rings. The molecule has 0 radical (unpaired) electrons. The summed E-state index contributed by atoms with van der Waals surface area (Å²) < 4.78 is 22.3. The maximum absolute atomic E-state index is 13.7. The third-order valence-corrected chi connectivity index (χ3v) is 8.15. The van der Waals surface area contributed by atoms with E-state index >= 15 is 0 Å². The van der Waals surface area contributed by atoms with E-state index < -0.39 is 33.8 Å². The molecule has 1 spiro atoms. The SMILES string of the molecule is COC1=CC(=O)C2(C(Cl)CC34C(OC)=C(OC)C(=O)CC23CCN4C)C1OC(C)=O. The fourth-order valence-corrected chi connectivity index (χ4v) is 7.36. The van der Waals surface area contributed by atoms with Crippen molar-refractivity contribution >= 4 is 29.1 Å². The Morgan fingerprint density at radius 1 is 1.20 bits per heavy atom. The molecule has 0 amide bonds. The van der Waals surface area contributed by atoms with Crippen LogP contribution in [0.25, 0.3) is 0 Å². The van der Waals surface area contributed by atoms with Crippen LogP contribution in [0.4, 0.5) is 0 Å². The van der Waals surface area contributed by atoms with E-state index in [0.29, 0.717) is 25.1 Å². The lowest BCUT2D eigenvalue weighted by Crippen LogP contribution is -2.63. The van der Waals surface area contributed by atoms with Crippen LogP contribution in [-0.2, 0) is 33.3 Å². The van der Waals surface area contributed by atoms with E-state index in [1.54, 1.807) is 0 Å². The molecule has 8 nitrogen and oxygen atoms in total. The van der Waals surface area contributed by atoms with Gasteiger partial charge < -0.3 is 18.9 Å². The molecule has 0 aromatic heterocycles. The van der Waals surface area contributed by atoms with Crippen molar-refractivity contribution in [1.82, 2.24) is 4.90 Å². The first-order chi connectivity index (χ1) is 14.2. The first-order valence-electron chi connectivity index (χ1n) is 9.86. The molecule has 5 unspecified atom stereocenters. The zero-order valence-electron chi connectivity index (χ0n) is 17.7. The van der Waals surface area contributed by atoms with Crippen LogP contribution in [0.2, 0.25) is 0 Å². The Morgan fingerprint density at radius 3 is 2.47 bits per heavy atom. The fourth-order valence-electron chi connectivity index (χ4n) is 6.71. The summed E-state index contributed by atoms with van der Waals surface area (Å²) in [4.78, 5) is 41.0. The van der Waals surface area contributed by atoms with Crippen LogP contribution < -0.4 is 0 Å². The van der Waals surface area contributed by atoms with Gasteiger partial charge in [0.15, 0.2) is 17.6 Å². The van der Waals surface area contributed by atoms with Gasteiger partial charge in [-0.1, -0.05) is 0 Å². The van der Waals surface area contributed by atoms with E-state index in [1.807, 2.05) is 7.05 Å². The second kappa shape index (κ2) is 6.72. The van der Waals surface area contributed by atoms with Crippen LogP contribution in [0.3, 0.4) is 0 Å². The lowest BCUT2D eigenvalue weighted by molar-refractivity contribution is -0.166. The number of hydrogen-bond donors (Lipinski definition) is 0. The molecule has 1 saturated carbocycles. The Labute approximate surface area is 180 Å². The maximum Gasteiger partial charge on any atom is 0.303 e. The number of Topliss-reactive ketones (excluding diaryl/α,β-unsaturated/α-hetero) is 1. The van der Waals surface area contributed by atoms with Gasteiger partial charge in [0, 0.05) is 24.8 Å². The Kier molecular flexibility index (Phi) is 4.74. The molecule has 5 atom stereocenters. The largest absolute Gasteiger partial charge is 0.497 e. The van der Waals surface area contributed by atoms with E-state index in [0.717, 1.165) is 0 Å². The topological polar surface area (TPSA) is 91.4 Å². The van der Waals surface area contributed by atoms with Crippen molar-refractivity contribution < 1.29 is 33.3 Å². The molecule has 164 valence electrons. The summed E-state index contributed by atoms with van der Waals surface area (Å²) in [6, 6.07) is 0. The van der Waals surface area contributed by atoms with E-state index in [1.165, 1.54) is 34.3 Å². The summed E-state index contributed by atoms with van der Waals surface area (Å²) >= 11 is 7.01. The quantitative estimate of drug-likeness (QED) is 0.481. The summed E-state index contributed by atoms with van der Waals surface area (Å²) in [5.74, 6) is -0.323. The zero-order chi connectivity index (χ0) is 22.1. The highest BCUT2D eigenvalue weighted by Crippen LogP contribution is 2.75. The van der Waals surface area contributed by atoms with Crippen molar-refractivity contribution in [3.8, 4) is 0 Å². The highest BCUT2D eigenvalue weighted by Gasteiger charge is 2.84. The van der Waals surface area contributed by atoms with Gasteiger partial charge in [0.05, 0.1) is 32.2 Å². The Bertz CT molecular complexity index is 898. The normalized spacial score (nSPS) is 40.4. The van der Waals surface area contributed by atoms with Gasteiger partial charge in [-0.25, -0.2) is 0 Å². The average molecular weight is 440 g/mol. The van der Waals surface area contributed by atoms with Gasteiger partial charge in [-0.2, -0.15) is 0 Å². The molecule has 0 N–H and O–H groups in total. The summed E-state index contributed by atoms with van der Waals surface area (Å²) in [5.41, 5.74) is -3.15. The van der Waals surface area contributed by atoms with E-state index in [2.05, 4.69) is 4.90 Å². The number of rotatable bonds is 4. The summed E-state index contributed by atoms with van der Waals surface area (Å²) in [7, 11) is 6.28. The number of hydrogen-bond acceptors (Lipinski definition) is 8. The number of likely N-dealkylation sites (tertiary alicyclic amines) is 1. The second-order valence-corrected chi connectivity index (χ2v) is 8.95. The Morgan fingerprint density at radius 2 is 1.90 bits per heavy atom. The number of halogens is 1. The molecule has 1 heterocycles. The molecule has 4 rings (SSSR count). The first kappa shape index (κ1) is 21.2. The third-order valence-electron chi connectivity index (χ3n) is 7.66. The van der Waals surface area contributed by atoms with Gasteiger partial charge in [0.1, 0.15) is 11.2 Å². The molecule has 2 fully saturated rings. The summed E-state index contributed by atoms with van der Waals surface area (Å²) in [6.45, 7) is 1.90. The number of esters is 1. The minimum absolute atomic E-state index is 0.0327. The van der Waals surface area contributed by atoms with E-state index in [-0.39, 0.29) is 29.5 Å². The van der Waals surface area contributed by atoms with Crippen molar-refractivity contribution in [2.45, 2.75) is 43.2 Å². The molecule has 3 aliphatic carbocycles. The second-order valence-electron chi connectivity index (χ2n) is 8.43. The lowest BCUT2D eigenvalue weighted by atomic mass is 9.52. The van der Waals surface area contributed by atoms with Crippen molar-refractivity contribution in [2.75, 3.05) is 34.9 Å². The highest BCUT2D eigenvalue weighted by molar-refractivity contribution is 6.25. The lowest BCUT2D eigenvalue weighted by Gasteiger charge is -2.53. The molecule has 0 aromatic carbocycles. The highest BCUT2D eigenvalue weighted by atomic mass is 35.5. The molecule has 1 saturated heterocycles. The number of carbonyl (C=O) groups excluding carboxylic acids is 3. The molecule has 0 aromatic rings. The van der Waals surface area contributed by atoms with Gasteiger partial charge in [0.2, 0.25) is 11.5 Å². The molecular weight excluding hydrogens is 414 g/mol. The maximum atomic E-state index is 13.7. The number of ether oxygens (including phenoxy) is 4. The predicted molar refractivity (Wildman–Crippen MR) is 105 cm³/mol. The molecule has 9 heteroatoms. The van der Waals surface area contributed by atoms with E-state index in [4.69, 9.17) is 30.5 Å². The minimum atomic E-state index is -1.35. The fraction of sp³-hybridized carbons (Fsp3) is 0.667. The van der Waals surface area contributed by atoms with Gasteiger partial charge >= 0.3 is 5.97 Å². The van der Waals surface area contributed by atoms with Gasteiger partial charge in [-0.05, 0) is 26.4 Å². The Hall–Kier alpha value is -2.06. The molecular formula is C21H26ClNO7. The summed E-state index contributed by atoms with van der Waals surface area (Å²) in [5, 5.41) is -0.727. The summed E-state index contributed by atoms with van der Waals surface area (Å²) in [6.07, 6.45) is 1.22. The zero-order valence-corrected chi connectivity index (χ0v) is 18.5.